The third kappa shape index (κ3) is 3.24. The second-order valence-corrected chi connectivity index (χ2v) is 6.17. The fourth-order valence-electron chi connectivity index (χ4n) is 3.60. The molecule has 2 fully saturated rings. The van der Waals surface area contributed by atoms with Crippen molar-refractivity contribution in [2.75, 3.05) is 11.9 Å². The minimum absolute atomic E-state index is 0.0713. The smallest absolute Gasteiger partial charge is 0.241 e. The Hall–Kier alpha value is -1.62. The highest BCUT2D eigenvalue weighted by Gasteiger charge is 2.38. The van der Waals surface area contributed by atoms with Gasteiger partial charge in [-0.05, 0) is 44.2 Å². The van der Waals surface area contributed by atoms with Crippen LogP contribution >= 0.6 is 0 Å². The quantitative estimate of drug-likeness (QED) is 0.899. The Morgan fingerprint density at radius 2 is 2.23 bits per heavy atom. The molecule has 0 bridgehead atoms. The Labute approximate surface area is 130 Å². The number of halogens is 1. The van der Waals surface area contributed by atoms with E-state index in [1.54, 1.807) is 19.1 Å². The highest BCUT2D eigenvalue weighted by atomic mass is 19.1. The lowest BCUT2D eigenvalue weighted by atomic mass is 9.85. The molecule has 1 amide bonds. The van der Waals surface area contributed by atoms with Gasteiger partial charge in [-0.25, -0.2) is 4.39 Å². The lowest BCUT2D eigenvalue weighted by Gasteiger charge is -2.24. The van der Waals surface area contributed by atoms with Crippen LogP contribution in [0.1, 0.15) is 39.0 Å². The fraction of sp³-hybridized carbons (Fsp3) is 0.588. The highest BCUT2D eigenvalue weighted by molar-refractivity contribution is 5.95. The van der Waals surface area contributed by atoms with Crippen LogP contribution < -0.4 is 15.4 Å². The Bertz CT molecular complexity index is 535. The molecule has 1 aliphatic carbocycles. The van der Waals surface area contributed by atoms with Crippen molar-refractivity contribution in [1.29, 1.82) is 0 Å². The number of fused-ring (bicyclic) bond motifs is 1. The van der Waals surface area contributed by atoms with E-state index in [1.807, 2.05) is 0 Å². The predicted molar refractivity (Wildman–Crippen MR) is 83.5 cm³/mol. The molecule has 1 heterocycles. The molecule has 3 unspecified atom stereocenters. The van der Waals surface area contributed by atoms with Crippen LogP contribution in [0.2, 0.25) is 0 Å². The van der Waals surface area contributed by atoms with Gasteiger partial charge in [0.05, 0.1) is 12.6 Å². The zero-order valence-electron chi connectivity index (χ0n) is 12.9. The van der Waals surface area contributed by atoms with Crippen molar-refractivity contribution in [3.63, 3.8) is 0 Å². The van der Waals surface area contributed by atoms with E-state index in [0.29, 0.717) is 24.3 Å². The first-order valence-corrected chi connectivity index (χ1v) is 8.16. The van der Waals surface area contributed by atoms with Crippen molar-refractivity contribution in [2.24, 2.45) is 5.92 Å². The normalized spacial score (nSPS) is 27.3. The van der Waals surface area contributed by atoms with Gasteiger partial charge in [0.2, 0.25) is 5.91 Å². The minimum Gasteiger partial charge on any atom is -0.491 e. The Kier molecular flexibility index (Phi) is 4.62. The van der Waals surface area contributed by atoms with E-state index in [2.05, 4.69) is 10.6 Å². The average Bonchev–Trinajstić information content (AvgIpc) is 2.94. The van der Waals surface area contributed by atoms with Gasteiger partial charge in [0.25, 0.3) is 0 Å². The summed E-state index contributed by atoms with van der Waals surface area (Å²) in [6.45, 7) is 2.22. The topological polar surface area (TPSA) is 50.4 Å². The van der Waals surface area contributed by atoms with Crippen molar-refractivity contribution in [2.45, 2.75) is 51.1 Å². The number of benzene rings is 1. The number of anilines is 1. The molecule has 3 rings (SSSR count). The number of ether oxygens (including phenoxy) is 1. The number of carbonyl (C=O) groups excluding carboxylic acids is 1. The number of hydrogen-bond acceptors (Lipinski definition) is 3. The number of rotatable bonds is 4. The summed E-state index contributed by atoms with van der Waals surface area (Å²) < 4.78 is 19.0. The van der Waals surface area contributed by atoms with Gasteiger partial charge < -0.3 is 15.4 Å². The standard InChI is InChI=1S/C17H23FN2O2/c1-2-22-16-8-7-12(10-13(16)18)19-17(21)15-9-11-5-3-4-6-14(11)20-15/h7-8,10-11,14-15,20H,2-6,9H2,1H3,(H,19,21). The number of hydrogen-bond donors (Lipinski definition) is 2. The third-order valence-electron chi connectivity index (χ3n) is 4.68. The summed E-state index contributed by atoms with van der Waals surface area (Å²) in [6.07, 6.45) is 5.76. The van der Waals surface area contributed by atoms with Gasteiger partial charge in [-0.15, -0.1) is 0 Å². The molecular weight excluding hydrogens is 283 g/mol. The van der Waals surface area contributed by atoms with E-state index in [1.165, 1.54) is 25.3 Å². The molecule has 2 N–H and O–H groups in total. The Morgan fingerprint density at radius 3 is 2.95 bits per heavy atom. The largest absolute Gasteiger partial charge is 0.491 e. The summed E-state index contributed by atoms with van der Waals surface area (Å²) in [6, 6.07) is 4.85. The highest BCUT2D eigenvalue weighted by Crippen LogP contribution is 2.33. The van der Waals surface area contributed by atoms with Crippen LogP contribution in [0.15, 0.2) is 18.2 Å². The molecule has 3 atom stereocenters. The summed E-state index contributed by atoms with van der Waals surface area (Å²) in [7, 11) is 0. The molecule has 4 nitrogen and oxygen atoms in total. The zero-order valence-corrected chi connectivity index (χ0v) is 12.9. The second kappa shape index (κ2) is 6.65. The molecule has 1 saturated heterocycles. The van der Waals surface area contributed by atoms with Gasteiger partial charge >= 0.3 is 0 Å². The first-order chi connectivity index (χ1) is 10.7. The molecule has 22 heavy (non-hydrogen) atoms. The Balaban J connectivity index is 1.61. The average molecular weight is 306 g/mol. The van der Waals surface area contributed by atoms with Crippen molar-refractivity contribution in [1.82, 2.24) is 5.32 Å². The van der Waals surface area contributed by atoms with Gasteiger partial charge in [-0.1, -0.05) is 12.8 Å². The first-order valence-electron chi connectivity index (χ1n) is 8.16. The monoisotopic (exact) mass is 306 g/mol. The minimum atomic E-state index is -0.451. The van der Waals surface area contributed by atoms with Gasteiger partial charge in [-0.2, -0.15) is 0 Å². The molecule has 0 aromatic heterocycles. The Morgan fingerprint density at radius 1 is 1.41 bits per heavy atom. The first kappa shape index (κ1) is 15.3. The fourth-order valence-corrected chi connectivity index (χ4v) is 3.60. The number of amides is 1. The molecule has 2 aliphatic rings. The molecule has 120 valence electrons. The molecule has 5 heteroatoms. The van der Waals surface area contributed by atoms with Gasteiger partial charge in [0, 0.05) is 17.8 Å². The molecule has 0 spiro atoms. The van der Waals surface area contributed by atoms with E-state index in [0.717, 1.165) is 12.8 Å². The van der Waals surface area contributed by atoms with E-state index in [9.17, 15) is 9.18 Å². The third-order valence-corrected chi connectivity index (χ3v) is 4.68. The summed E-state index contributed by atoms with van der Waals surface area (Å²) in [5.41, 5.74) is 0.475. The number of nitrogens with one attached hydrogen (secondary N) is 2. The SMILES string of the molecule is CCOc1ccc(NC(=O)C2CC3CCCCC3N2)cc1F. The number of carbonyl (C=O) groups is 1. The van der Waals surface area contributed by atoms with E-state index >= 15 is 0 Å². The van der Waals surface area contributed by atoms with Crippen molar-refractivity contribution in [3.8, 4) is 5.75 Å². The van der Waals surface area contributed by atoms with Crippen LogP contribution in [0.25, 0.3) is 0 Å². The molecule has 1 aromatic rings. The van der Waals surface area contributed by atoms with Gasteiger partial charge in [0.15, 0.2) is 11.6 Å². The van der Waals surface area contributed by atoms with Crippen molar-refractivity contribution < 1.29 is 13.9 Å². The summed E-state index contributed by atoms with van der Waals surface area (Å²) in [5.74, 6) is 0.303. The van der Waals surface area contributed by atoms with E-state index in [4.69, 9.17) is 4.74 Å². The molecule has 0 radical (unpaired) electrons. The molecule has 1 saturated carbocycles. The zero-order chi connectivity index (χ0) is 15.5. The van der Waals surface area contributed by atoms with E-state index < -0.39 is 5.82 Å². The predicted octanol–water partition coefficient (Wildman–Crippen LogP) is 3.08. The van der Waals surface area contributed by atoms with Crippen LogP contribution in [-0.2, 0) is 4.79 Å². The maximum absolute atomic E-state index is 13.8. The van der Waals surface area contributed by atoms with Crippen LogP contribution in [0, 0.1) is 11.7 Å². The second-order valence-electron chi connectivity index (χ2n) is 6.17. The maximum atomic E-state index is 13.8. The lowest BCUT2D eigenvalue weighted by Crippen LogP contribution is -2.39. The maximum Gasteiger partial charge on any atom is 0.241 e. The van der Waals surface area contributed by atoms with E-state index in [-0.39, 0.29) is 17.7 Å². The van der Waals surface area contributed by atoms with Crippen molar-refractivity contribution in [3.05, 3.63) is 24.0 Å². The van der Waals surface area contributed by atoms with Crippen LogP contribution in [0.4, 0.5) is 10.1 Å². The molecule has 1 aromatic carbocycles. The summed E-state index contributed by atoms with van der Waals surface area (Å²) >= 11 is 0. The van der Waals surface area contributed by atoms with Crippen molar-refractivity contribution >= 4 is 11.6 Å². The molecular formula is C17H23FN2O2. The van der Waals surface area contributed by atoms with Crippen LogP contribution in [0.5, 0.6) is 5.75 Å². The molecule has 1 aliphatic heterocycles. The lowest BCUT2D eigenvalue weighted by molar-refractivity contribution is -0.117. The van der Waals surface area contributed by atoms with Gasteiger partial charge in [0.1, 0.15) is 0 Å². The summed E-state index contributed by atoms with van der Waals surface area (Å²) in [5, 5.41) is 6.24. The van der Waals surface area contributed by atoms with Gasteiger partial charge in [-0.3, -0.25) is 4.79 Å². The van der Waals surface area contributed by atoms with Crippen LogP contribution in [-0.4, -0.2) is 24.6 Å². The van der Waals surface area contributed by atoms with Crippen LogP contribution in [0.3, 0.4) is 0 Å². The summed E-state index contributed by atoms with van der Waals surface area (Å²) in [4.78, 5) is 12.4.